The molecule has 13 nitrogen and oxygen atoms in total. The molecule has 0 aliphatic carbocycles. The van der Waals surface area contributed by atoms with E-state index in [2.05, 4.69) is 25.9 Å². The molecule has 9 N–H and O–H groups in total. The maximum Gasteiger partial charge on any atom is 0.326 e. The fourth-order valence-corrected chi connectivity index (χ4v) is 3.77. The molecule has 202 valence electrons. The van der Waals surface area contributed by atoms with E-state index in [0.29, 0.717) is 11.4 Å². The number of aromatic amines is 1. The van der Waals surface area contributed by atoms with E-state index in [1.807, 2.05) is 20.1 Å². The Hall–Kier alpha value is -3.13. The zero-order chi connectivity index (χ0) is 27.3. The van der Waals surface area contributed by atoms with Crippen LogP contribution >= 0.6 is 11.8 Å². The van der Waals surface area contributed by atoms with Crippen LogP contribution in [0.4, 0.5) is 0 Å². The van der Waals surface area contributed by atoms with Crippen LogP contribution in [0.1, 0.15) is 45.2 Å². The molecule has 0 saturated carbocycles. The topological polar surface area (TPSA) is 222 Å². The average molecular weight is 528 g/mol. The Morgan fingerprint density at radius 3 is 2.11 bits per heavy atom. The fraction of sp³-hybridized carbons (Fsp3) is 0.636. The van der Waals surface area contributed by atoms with Crippen molar-refractivity contribution < 1.29 is 29.1 Å². The Bertz CT molecular complexity index is 880. The van der Waals surface area contributed by atoms with Crippen LogP contribution in [0.15, 0.2) is 12.5 Å². The van der Waals surface area contributed by atoms with E-state index in [1.165, 1.54) is 24.3 Å². The van der Waals surface area contributed by atoms with E-state index in [-0.39, 0.29) is 38.0 Å². The van der Waals surface area contributed by atoms with Crippen molar-refractivity contribution in [1.82, 2.24) is 25.9 Å². The minimum atomic E-state index is -1.19. The number of primary amides is 1. The summed E-state index contributed by atoms with van der Waals surface area (Å²) in [7, 11) is 0. The molecule has 0 aromatic carbocycles. The van der Waals surface area contributed by atoms with Crippen LogP contribution in [0.3, 0.4) is 0 Å². The molecule has 4 atom stereocenters. The minimum Gasteiger partial charge on any atom is -0.480 e. The van der Waals surface area contributed by atoms with Gasteiger partial charge in [0.1, 0.15) is 18.1 Å². The second-order valence-electron chi connectivity index (χ2n) is 8.83. The van der Waals surface area contributed by atoms with Crippen LogP contribution < -0.4 is 27.4 Å². The number of thioether (sulfide) groups is 1. The summed E-state index contributed by atoms with van der Waals surface area (Å²) < 4.78 is 0. The van der Waals surface area contributed by atoms with E-state index in [9.17, 15) is 29.1 Å². The molecule has 1 heterocycles. The van der Waals surface area contributed by atoms with Crippen LogP contribution in [-0.2, 0) is 30.4 Å². The van der Waals surface area contributed by atoms with Gasteiger partial charge in [-0.1, -0.05) is 13.8 Å². The molecule has 0 aliphatic rings. The van der Waals surface area contributed by atoms with Gasteiger partial charge in [-0.2, -0.15) is 11.8 Å². The highest BCUT2D eigenvalue weighted by Crippen LogP contribution is 2.08. The van der Waals surface area contributed by atoms with Crippen molar-refractivity contribution >= 4 is 41.4 Å². The third-order valence-corrected chi connectivity index (χ3v) is 5.85. The smallest absolute Gasteiger partial charge is 0.326 e. The monoisotopic (exact) mass is 527 g/mol. The lowest BCUT2D eigenvalue weighted by atomic mass is 10.0. The highest BCUT2D eigenvalue weighted by Gasteiger charge is 2.30. The molecule has 0 fully saturated rings. The normalized spacial score (nSPS) is 14.4. The number of carboxylic acid groups (broad SMARTS) is 1. The summed E-state index contributed by atoms with van der Waals surface area (Å²) in [5.41, 5.74) is 11.8. The lowest BCUT2D eigenvalue weighted by Crippen LogP contribution is -2.57. The fourth-order valence-electron chi connectivity index (χ4n) is 3.30. The zero-order valence-corrected chi connectivity index (χ0v) is 21.6. The van der Waals surface area contributed by atoms with Gasteiger partial charge in [0.05, 0.1) is 12.4 Å². The molecule has 36 heavy (non-hydrogen) atoms. The third-order valence-electron chi connectivity index (χ3n) is 5.21. The molecule has 14 heteroatoms. The van der Waals surface area contributed by atoms with Crippen LogP contribution in [-0.4, -0.2) is 80.8 Å². The summed E-state index contributed by atoms with van der Waals surface area (Å²) in [6.07, 6.45) is 5.07. The minimum absolute atomic E-state index is 0.0185. The highest BCUT2D eigenvalue weighted by atomic mass is 32.2. The number of nitrogens with two attached hydrogens (primary N) is 2. The first-order valence-electron chi connectivity index (χ1n) is 11.6. The average Bonchev–Trinajstić information content (AvgIpc) is 3.30. The first kappa shape index (κ1) is 30.9. The zero-order valence-electron chi connectivity index (χ0n) is 20.8. The number of nitrogens with one attached hydrogen (secondary N) is 4. The molecule has 1 aromatic rings. The Morgan fingerprint density at radius 1 is 1.03 bits per heavy atom. The Kier molecular flexibility index (Phi) is 13.5. The van der Waals surface area contributed by atoms with Gasteiger partial charge >= 0.3 is 5.97 Å². The number of carbonyl (C=O) groups is 5. The van der Waals surface area contributed by atoms with Crippen LogP contribution in [0.25, 0.3) is 0 Å². The molecule has 4 unspecified atom stereocenters. The molecule has 1 rings (SSSR count). The second kappa shape index (κ2) is 15.8. The first-order chi connectivity index (χ1) is 16.9. The summed E-state index contributed by atoms with van der Waals surface area (Å²) in [6, 6.07) is -4.35. The van der Waals surface area contributed by atoms with Crippen molar-refractivity contribution in [2.75, 3.05) is 12.0 Å². The summed E-state index contributed by atoms with van der Waals surface area (Å²) >= 11 is 1.45. The van der Waals surface area contributed by atoms with Gasteiger partial charge in [0.25, 0.3) is 0 Å². The number of hydrogen-bond donors (Lipinski definition) is 7. The standard InChI is InChI=1S/C22H37N7O6S/c1-12(2)8-17(22(34)35)29-21(33)16(6-7-36-3)28-20(32)15(4-5-18(24)30)27-19(31)14(23)9-13-10-25-11-26-13/h10-12,14-17H,4-9,23H2,1-3H3,(H2,24,30)(H,25,26)(H,27,31)(H,28,32)(H,29,33)(H,34,35). The summed E-state index contributed by atoms with van der Waals surface area (Å²) in [6.45, 7) is 3.66. The lowest BCUT2D eigenvalue weighted by molar-refractivity contribution is -0.142. The number of nitrogens with zero attached hydrogens (tertiary/aromatic N) is 1. The van der Waals surface area contributed by atoms with Crippen molar-refractivity contribution in [2.45, 2.75) is 70.1 Å². The maximum absolute atomic E-state index is 13.1. The molecule has 1 aromatic heterocycles. The molecule has 0 aliphatic heterocycles. The van der Waals surface area contributed by atoms with Gasteiger partial charge in [-0.15, -0.1) is 0 Å². The van der Waals surface area contributed by atoms with E-state index in [4.69, 9.17) is 11.5 Å². The lowest BCUT2D eigenvalue weighted by Gasteiger charge is -2.25. The summed E-state index contributed by atoms with van der Waals surface area (Å²) in [4.78, 5) is 68.2. The van der Waals surface area contributed by atoms with E-state index in [0.717, 1.165) is 0 Å². The summed E-state index contributed by atoms with van der Waals surface area (Å²) in [5, 5.41) is 17.0. The van der Waals surface area contributed by atoms with Crippen LogP contribution in [0, 0.1) is 5.92 Å². The quantitative estimate of drug-likeness (QED) is 0.130. The van der Waals surface area contributed by atoms with Gasteiger partial charge in [0, 0.05) is 24.7 Å². The predicted octanol–water partition coefficient (Wildman–Crippen LogP) is -1.12. The molecule has 0 radical (unpaired) electrons. The summed E-state index contributed by atoms with van der Waals surface area (Å²) in [5.74, 6) is -3.32. The third kappa shape index (κ3) is 11.5. The van der Waals surface area contributed by atoms with E-state index in [1.54, 1.807) is 0 Å². The van der Waals surface area contributed by atoms with Gasteiger partial charge in [-0.05, 0) is 37.2 Å². The number of imidazole rings is 1. The number of carbonyl (C=O) groups excluding carboxylic acids is 4. The molecular weight excluding hydrogens is 490 g/mol. The van der Waals surface area contributed by atoms with Crippen molar-refractivity contribution in [1.29, 1.82) is 0 Å². The van der Waals surface area contributed by atoms with Crippen LogP contribution in [0.5, 0.6) is 0 Å². The Labute approximate surface area is 214 Å². The number of H-pyrrole nitrogens is 1. The SMILES string of the molecule is CSCCC(NC(=O)C(CCC(N)=O)NC(=O)C(N)Cc1cnc[nH]1)C(=O)NC(CC(C)C)C(=O)O. The van der Waals surface area contributed by atoms with Gasteiger partial charge in [0.15, 0.2) is 0 Å². The van der Waals surface area contributed by atoms with Crippen molar-refractivity contribution in [3.05, 3.63) is 18.2 Å². The molecule has 0 bridgehead atoms. The molecular formula is C22H37N7O6S. The van der Waals surface area contributed by atoms with Gasteiger partial charge in [0.2, 0.25) is 23.6 Å². The number of carboxylic acids is 1. The second-order valence-corrected chi connectivity index (χ2v) is 9.81. The molecule has 0 spiro atoms. The van der Waals surface area contributed by atoms with Gasteiger partial charge in [-0.25, -0.2) is 9.78 Å². The Balaban J connectivity index is 2.95. The van der Waals surface area contributed by atoms with Crippen molar-refractivity contribution in [3.63, 3.8) is 0 Å². The molecule has 0 saturated heterocycles. The van der Waals surface area contributed by atoms with E-state index < -0.39 is 53.8 Å². The number of amides is 4. The van der Waals surface area contributed by atoms with Crippen LogP contribution in [0.2, 0.25) is 0 Å². The maximum atomic E-state index is 13.1. The number of aromatic nitrogens is 2. The first-order valence-corrected chi connectivity index (χ1v) is 13.0. The van der Waals surface area contributed by atoms with Crippen molar-refractivity contribution in [3.8, 4) is 0 Å². The van der Waals surface area contributed by atoms with Crippen molar-refractivity contribution in [2.24, 2.45) is 17.4 Å². The van der Waals surface area contributed by atoms with Gasteiger partial charge < -0.3 is 37.5 Å². The van der Waals surface area contributed by atoms with Gasteiger partial charge in [-0.3, -0.25) is 19.2 Å². The number of aliphatic carboxylic acids is 1. The number of rotatable bonds is 17. The largest absolute Gasteiger partial charge is 0.480 e. The predicted molar refractivity (Wildman–Crippen MR) is 135 cm³/mol. The molecule has 4 amide bonds. The number of hydrogen-bond acceptors (Lipinski definition) is 8. The highest BCUT2D eigenvalue weighted by molar-refractivity contribution is 7.98. The van der Waals surface area contributed by atoms with E-state index >= 15 is 0 Å². The Morgan fingerprint density at radius 2 is 1.61 bits per heavy atom.